The molecule has 0 unspecified atom stereocenters. The molecule has 0 fully saturated rings. The van der Waals surface area contributed by atoms with Gasteiger partial charge < -0.3 is 0 Å². The van der Waals surface area contributed by atoms with Gasteiger partial charge in [0.05, 0.1) is 10.5 Å². The SMILES string of the molecule is O=C(N/N=C\C=C\c1cccc([N+](=O)[O-])c1)c1cccnc1. The molecular weight excluding hydrogens is 284 g/mol. The van der Waals surface area contributed by atoms with Crippen molar-refractivity contribution in [1.29, 1.82) is 0 Å². The Morgan fingerprint density at radius 1 is 1.32 bits per heavy atom. The maximum Gasteiger partial charge on any atom is 0.272 e. The molecule has 0 saturated carbocycles. The maximum atomic E-state index is 11.6. The van der Waals surface area contributed by atoms with E-state index in [1.54, 1.807) is 42.6 Å². The number of benzene rings is 1. The number of carbonyl (C=O) groups is 1. The predicted octanol–water partition coefficient (Wildman–Crippen LogP) is 2.42. The minimum Gasteiger partial charge on any atom is -0.267 e. The third kappa shape index (κ3) is 4.34. The van der Waals surface area contributed by atoms with Crippen LogP contribution in [0.15, 0.2) is 60.0 Å². The minimum atomic E-state index is -0.459. The van der Waals surface area contributed by atoms with Crippen molar-refractivity contribution in [3.8, 4) is 0 Å². The summed E-state index contributed by atoms with van der Waals surface area (Å²) >= 11 is 0. The molecule has 0 aliphatic carbocycles. The quantitative estimate of drug-likeness (QED) is 0.520. The van der Waals surface area contributed by atoms with Crippen molar-refractivity contribution in [2.45, 2.75) is 0 Å². The molecule has 110 valence electrons. The van der Waals surface area contributed by atoms with Crippen LogP contribution >= 0.6 is 0 Å². The first-order valence-corrected chi connectivity index (χ1v) is 6.31. The predicted molar refractivity (Wildman–Crippen MR) is 82.3 cm³/mol. The van der Waals surface area contributed by atoms with E-state index >= 15 is 0 Å². The van der Waals surface area contributed by atoms with Gasteiger partial charge in [-0.2, -0.15) is 5.10 Å². The molecular formula is C15H12N4O3. The van der Waals surface area contributed by atoms with E-state index < -0.39 is 4.92 Å². The Balaban J connectivity index is 1.91. The van der Waals surface area contributed by atoms with E-state index in [4.69, 9.17) is 0 Å². The van der Waals surface area contributed by atoms with Crippen LogP contribution < -0.4 is 5.43 Å². The van der Waals surface area contributed by atoms with Gasteiger partial charge in [-0.3, -0.25) is 19.9 Å². The first-order valence-electron chi connectivity index (χ1n) is 6.31. The van der Waals surface area contributed by atoms with Crippen LogP contribution in [0.1, 0.15) is 15.9 Å². The number of carbonyl (C=O) groups excluding carboxylic acids is 1. The Morgan fingerprint density at radius 3 is 2.91 bits per heavy atom. The summed E-state index contributed by atoms with van der Waals surface area (Å²) in [5.41, 5.74) is 3.43. The number of allylic oxidation sites excluding steroid dienone is 1. The van der Waals surface area contributed by atoms with Crippen LogP contribution in [0.25, 0.3) is 6.08 Å². The van der Waals surface area contributed by atoms with Crippen LogP contribution in [0.4, 0.5) is 5.69 Å². The fourth-order valence-electron chi connectivity index (χ4n) is 1.60. The number of hydrogen-bond acceptors (Lipinski definition) is 5. The number of amides is 1. The van der Waals surface area contributed by atoms with Crippen molar-refractivity contribution < 1.29 is 9.72 Å². The Kier molecular flexibility index (Phi) is 5.09. The second-order valence-electron chi connectivity index (χ2n) is 4.17. The summed E-state index contributed by atoms with van der Waals surface area (Å²) in [7, 11) is 0. The van der Waals surface area contributed by atoms with Gasteiger partial charge in [-0.1, -0.05) is 18.2 Å². The van der Waals surface area contributed by atoms with Crippen LogP contribution in [-0.4, -0.2) is 22.0 Å². The topological polar surface area (TPSA) is 97.5 Å². The van der Waals surface area contributed by atoms with E-state index in [2.05, 4.69) is 15.5 Å². The lowest BCUT2D eigenvalue weighted by Crippen LogP contribution is -2.17. The van der Waals surface area contributed by atoms with E-state index in [-0.39, 0.29) is 11.6 Å². The lowest BCUT2D eigenvalue weighted by Gasteiger charge is -1.97. The number of hydrogen-bond donors (Lipinski definition) is 1. The van der Waals surface area contributed by atoms with Gasteiger partial charge in [-0.15, -0.1) is 0 Å². The monoisotopic (exact) mass is 296 g/mol. The van der Waals surface area contributed by atoms with Crippen molar-refractivity contribution in [3.63, 3.8) is 0 Å². The molecule has 0 aliphatic heterocycles. The summed E-state index contributed by atoms with van der Waals surface area (Å²) < 4.78 is 0. The molecule has 1 aromatic heterocycles. The van der Waals surface area contributed by atoms with E-state index in [0.29, 0.717) is 11.1 Å². The van der Waals surface area contributed by atoms with Crippen molar-refractivity contribution in [2.75, 3.05) is 0 Å². The molecule has 0 atom stereocenters. The zero-order chi connectivity index (χ0) is 15.8. The van der Waals surface area contributed by atoms with Gasteiger partial charge in [0.15, 0.2) is 0 Å². The molecule has 0 radical (unpaired) electrons. The zero-order valence-corrected chi connectivity index (χ0v) is 11.4. The average Bonchev–Trinajstić information content (AvgIpc) is 2.55. The highest BCUT2D eigenvalue weighted by Gasteiger charge is 2.03. The summed E-state index contributed by atoms with van der Waals surface area (Å²) in [6, 6.07) is 9.46. The second kappa shape index (κ2) is 7.44. The lowest BCUT2D eigenvalue weighted by molar-refractivity contribution is -0.384. The number of nitrogens with one attached hydrogen (secondary N) is 1. The Morgan fingerprint density at radius 2 is 2.18 bits per heavy atom. The van der Waals surface area contributed by atoms with Crippen LogP contribution in [0, 0.1) is 10.1 Å². The number of pyridine rings is 1. The molecule has 1 amide bonds. The van der Waals surface area contributed by atoms with Gasteiger partial charge in [-0.05, 0) is 23.8 Å². The Labute approximate surface area is 126 Å². The first-order chi connectivity index (χ1) is 10.7. The molecule has 0 bridgehead atoms. The zero-order valence-electron chi connectivity index (χ0n) is 11.4. The molecule has 1 heterocycles. The summed E-state index contributed by atoms with van der Waals surface area (Å²) in [6.45, 7) is 0. The molecule has 1 N–H and O–H groups in total. The van der Waals surface area contributed by atoms with Crippen LogP contribution in [0.5, 0.6) is 0 Å². The van der Waals surface area contributed by atoms with Crippen LogP contribution in [0.3, 0.4) is 0 Å². The third-order valence-corrected chi connectivity index (χ3v) is 2.62. The van der Waals surface area contributed by atoms with Crippen molar-refractivity contribution in [1.82, 2.24) is 10.4 Å². The molecule has 7 heteroatoms. The van der Waals surface area contributed by atoms with Crippen LogP contribution in [0.2, 0.25) is 0 Å². The molecule has 1 aromatic carbocycles. The number of nitro groups is 1. The maximum absolute atomic E-state index is 11.6. The van der Waals surface area contributed by atoms with E-state index in [1.807, 2.05) is 0 Å². The number of non-ortho nitro benzene ring substituents is 1. The fraction of sp³-hybridized carbons (Fsp3) is 0. The first kappa shape index (κ1) is 15.0. The van der Waals surface area contributed by atoms with Crippen molar-refractivity contribution in [3.05, 3.63) is 76.1 Å². The van der Waals surface area contributed by atoms with Gasteiger partial charge in [0, 0.05) is 30.7 Å². The summed E-state index contributed by atoms with van der Waals surface area (Å²) in [5, 5.41) is 14.4. The number of rotatable bonds is 5. The van der Waals surface area contributed by atoms with Gasteiger partial charge in [0.1, 0.15) is 0 Å². The number of nitrogens with zero attached hydrogens (tertiary/aromatic N) is 3. The summed E-state index contributed by atoms with van der Waals surface area (Å²) in [4.78, 5) is 25.6. The average molecular weight is 296 g/mol. The molecule has 0 saturated heterocycles. The molecule has 0 spiro atoms. The smallest absolute Gasteiger partial charge is 0.267 e. The van der Waals surface area contributed by atoms with Gasteiger partial charge in [-0.25, -0.2) is 5.43 Å². The van der Waals surface area contributed by atoms with Gasteiger partial charge in [0.2, 0.25) is 0 Å². The summed E-state index contributed by atoms with van der Waals surface area (Å²) in [5.74, 6) is -0.368. The van der Waals surface area contributed by atoms with E-state index in [0.717, 1.165) is 0 Å². The number of hydrazone groups is 1. The van der Waals surface area contributed by atoms with E-state index in [1.165, 1.54) is 24.5 Å². The highest BCUT2D eigenvalue weighted by atomic mass is 16.6. The van der Waals surface area contributed by atoms with Gasteiger partial charge in [0.25, 0.3) is 11.6 Å². The highest BCUT2D eigenvalue weighted by molar-refractivity contribution is 5.94. The second-order valence-corrected chi connectivity index (χ2v) is 4.17. The van der Waals surface area contributed by atoms with Crippen molar-refractivity contribution in [2.24, 2.45) is 5.10 Å². The largest absolute Gasteiger partial charge is 0.272 e. The minimum absolute atomic E-state index is 0.0176. The van der Waals surface area contributed by atoms with Crippen molar-refractivity contribution >= 4 is 23.9 Å². The third-order valence-electron chi connectivity index (χ3n) is 2.62. The molecule has 0 aliphatic rings. The lowest BCUT2D eigenvalue weighted by atomic mass is 10.2. The normalized spacial score (nSPS) is 10.9. The molecule has 2 aromatic rings. The fourth-order valence-corrected chi connectivity index (χ4v) is 1.60. The Hall–Kier alpha value is -3.35. The Bertz CT molecular complexity index is 727. The number of nitro benzene ring substituents is 1. The van der Waals surface area contributed by atoms with Gasteiger partial charge >= 0.3 is 0 Å². The molecule has 2 rings (SSSR count). The molecule has 7 nitrogen and oxygen atoms in total. The standard InChI is InChI=1S/C15H12N4O3/c20-15(13-6-3-8-16-11-13)18-17-9-2-5-12-4-1-7-14(10-12)19(21)22/h1-11H,(H,18,20)/b5-2+,17-9-. The van der Waals surface area contributed by atoms with Crippen LogP contribution in [-0.2, 0) is 0 Å². The number of aromatic nitrogens is 1. The van der Waals surface area contributed by atoms with E-state index in [9.17, 15) is 14.9 Å². The highest BCUT2D eigenvalue weighted by Crippen LogP contribution is 2.13. The molecule has 22 heavy (non-hydrogen) atoms. The summed E-state index contributed by atoms with van der Waals surface area (Å²) in [6.07, 6.45) is 7.61.